The standard InChI is InChI=1S/C13H7BrF3NO/c14-9-5-4-7(15)6-11(9)18-13(19)8-2-1-3-10(16)12(8)17/h1-6H,(H,18,19). The summed E-state index contributed by atoms with van der Waals surface area (Å²) >= 11 is 3.12. The highest BCUT2D eigenvalue weighted by Crippen LogP contribution is 2.24. The van der Waals surface area contributed by atoms with E-state index in [-0.39, 0.29) is 5.69 Å². The van der Waals surface area contributed by atoms with Crippen LogP contribution in [0, 0.1) is 17.5 Å². The quantitative estimate of drug-likeness (QED) is 0.882. The zero-order valence-electron chi connectivity index (χ0n) is 9.38. The van der Waals surface area contributed by atoms with Gasteiger partial charge in [0.25, 0.3) is 5.91 Å². The van der Waals surface area contributed by atoms with Gasteiger partial charge in [-0.05, 0) is 46.3 Å². The van der Waals surface area contributed by atoms with Crippen LogP contribution >= 0.6 is 15.9 Å². The first-order valence-corrected chi connectivity index (χ1v) is 5.99. The fourth-order valence-corrected chi connectivity index (χ4v) is 1.81. The van der Waals surface area contributed by atoms with Crippen molar-refractivity contribution in [3.05, 3.63) is 63.9 Å². The lowest BCUT2D eigenvalue weighted by Crippen LogP contribution is -2.15. The Bertz CT molecular complexity index is 646. The second-order valence-corrected chi connectivity index (χ2v) is 4.53. The van der Waals surface area contributed by atoms with Gasteiger partial charge >= 0.3 is 0 Å². The topological polar surface area (TPSA) is 29.1 Å². The molecule has 0 aliphatic rings. The number of amides is 1. The summed E-state index contributed by atoms with van der Waals surface area (Å²) < 4.78 is 39.9. The van der Waals surface area contributed by atoms with E-state index in [0.717, 1.165) is 18.2 Å². The first-order valence-electron chi connectivity index (χ1n) is 5.19. The summed E-state index contributed by atoms with van der Waals surface area (Å²) in [5.74, 6) is -3.78. The lowest BCUT2D eigenvalue weighted by molar-refractivity contribution is 0.102. The van der Waals surface area contributed by atoms with Gasteiger partial charge in [-0.3, -0.25) is 4.79 Å². The van der Waals surface area contributed by atoms with Crippen molar-refractivity contribution in [3.63, 3.8) is 0 Å². The highest BCUT2D eigenvalue weighted by molar-refractivity contribution is 9.10. The minimum absolute atomic E-state index is 0.133. The number of benzene rings is 2. The van der Waals surface area contributed by atoms with Crippen molar-refractivity contribution in [2.45, 2.75) is 0 Å². The molecule has 0 aliphatic carbocycles. The third kappa shape index (κ3) is 2.96. The molecule has 0 fully saturated rings. The average molecular weight is 330 g/mol. The maximum atomic E-state index is 13.4. The smallest absolute Gasteiger partial charge is 0.258 e. The molecule has 0 radical (unpaired) electrons. The van der Waals surface area contributed by atoms with Gasteiger partial charge < -0.3 is 5.32 Å². The maximum absolute atomic E-state index is 13.4. The molecular weight excluding hydrogens is 323 g/mol. The molecule has 2 nitrogen and oxygen atoms in total. The Morgan fingerprint density at radius 1 is 1.11 bits per heavy atom. The fraction of sp³-hybridized carbons (Fsp3) is 0. The van der Waals surface area contributed by atoms with Gasteiger partial charge in [-0.2, -0.15) is 0 Å². The number of rotatable bonds is 2. The number of nitrogens with one attached hydrogen (secondary N) is 1. The third-order valence-corrected chi connectivity index (χ3v) is 3.06. The Morgan fingerprint density at radius 2 is 1.84 bits per heavy atom. The molecule has 0 aromatic heterocycles. The summed E-state index contributed by atoms with van der Waals surface area (Å²) in [6.07, 6.45) is 0. The van der Waals surface area contributed by atoms with Gasteiger partial charge in [-0.25, -0.2) is 13.2 Å². The zero-order chi connectivity index (χ0) is 14.0. The highest BCUT2D eigenvalue weighted by atomic mass is 79.9. The molecule has 1 amide bonds. The van der Waals surface area contributed by atoms with Crippen LogP contribution in [0.5, 0.6) is 0 Å². The van der Waals surface area contributed by atoms with Crippen molar-refractivity contribution in [2.24, 2.45) is 0 Å². The van der Waals surface area contributed by atoms with Crippen LogP contribution in [0.15, 0.2) is 40.9 Å². The van der Waals surface area contributed by atoms with Crippen LogP contribution in [0.4, 0.5) is 18.9 Å². The van der Waals surface area contributed by atoms with Crippen molar-refractivity contribution in [2.75, 3.05) is 5.32 Å². The molecule has 0 bridgehead atoms. The van der Waals surface area contributed by atoms with E-state index in [2.05, 4.69) is 21.2 Å². The Kier molecular flexibility index (Phi) is 3.90. The SMILES string of the molecule is O=C(Nc1cc(F)ccc1Br)c1cccc(F)c1F. The van der Waals surface area contributed by atoms with Gasteiger partial charge in [0.1, 0.15) is 5.82 Å². The lowest BCUT2D eigenvalue weighted by Gasteiger charge is -2.08. The van der Waals surface area contributed by atoms with E-state index in [4.69, 9.17) is 0 Å². The molecule has 0 atom stereocenters. The Balaban J connectivity index is 2.31. The van der Waals surface area contributed by atoms with Gasteiger partial charge in [0.05, 0.1) is 11.3 Å². The predicted octanol–water partition coefficient (Wildman–Crippen LogP) is 4.12. The Morgan fingerprint density at radius 3 is 2.58 bits per heavy atom. The van der Waals surface area contributed by atoms with Crippen LogP contribution in [0.1, 0.15) is 10.4 Å². The van der Waals surface area contributed by atoms with Crippen molar-refractivity contribution < 1.29 is 18.0 Å². The van der Waals surface area contributed by atoms with E-state index in [1.807, 2.05) is 0 Å². The predicted molar refractivity (Wildman–Crippen MR) is 68.4 cm³/mol. The van der Waals surface area contributed by atoms with Gasteiger partial charge in [0.2, 0.25) is 0 Å². The van der Waals surface area contributed by atoms with Crippen molar-refractivity contribution in [1.82, 2.24) is 0 Å². The average Bonchev–Trinajstić information content (AvgIpc) is 2.37. The zero-order valence-corrected chi connectivity index (χ0v) is 11.0. The summed E-state index contributed by atoms with van der Waals surface area (Å²) in [5.41, 5.74) is -0.315. The van der Waals surface area contributed by atoms with Crippen LogP contribution in [-0.4, -0.2) is 5.91 Å². The first kappa shape index (κ1) is 13.6. The molecule has 0 aliphatic heterocycles. The third-order valence-electron chi connectivity index (χ3n) is 2.37. The molecule has 0 heterocycles. The van der Waals surface area contributed by atoms with Crippen molar-refractivity contribution in [1.29, 1.82) is 0 Å². The summed E-state index contributed by atoms with van der Waals surface area (Å²) in [7, 11) is 0. The molecular formula is C13H7BrF3NO. The van der Waals surface area contributed by atoms with Crippen LogP contribution in [0.2, 0.25) is 0 Å². The van der Waals surface area contributed by atoms with Gasteiger partial charge in [0.15, 0.2) is 11.6 Å². The maximum Gasteiger partial charge on any atom is 0.258 e. The van der Waals surface area contributed by atoms with E-state index in [1.54, 1.807) is 0 Å². The number of hydrogen-bond acceptors (Lipinski definition) is 1. The highest BCUT2D eigenvalue weighted by Gasteiger charge is 2.16. The molecule has 0 saturated heterocycles. The number of carbonyl (C=O) groups is 1. The van der Waals surface area contributed by atoms with Crippen LogP contribution in [-0.2, 0) is 0 Å². The van der Waals surface area contributed by atoms with Gasteiger partial charge in [0, 0.05) is 4.47 Å². The molecule has 1 N–H and O–H groups in total. The minimum atomic E-state index is -1.24. The molecule has 2 aromatic rings. The van der Waals surface area contributed by atoms with Crippen LogP contribution < -0.4 is 5.32 Å². The second-order valence-electron chi connectivity index (χ2n) is 3.68. The van der Waals surface area contributed by atoms with E-state index in [1.165, 1.54) is 18.2 Å². The van der Waals surface area contributed by atoms with Crippen LogP contribution in [0.3, 0.4) is 0 Å². The number of halogens is 4. The number of hydrogen-bond donors (Lipinski definition) is 1. The molecule has 6 heteroatoms. The van der Waals surface area contributed by atoms with E-state index < -0.39 is 28.9 Å². The van der Waals surface area contributed by atoms with E-state index >= 15 is 0 Å². The number of carbonyl (C=O) groups excluding carboxylic acids is 1. The Hall–Kier alpha value is -1.82. The van der Waals surface area contributed by atoms with Crippen LogP contribution in [0.25, 0.3) is 0 Å². The fourth-order valence-electron chi connectivity index (χ4n) is 1.46. The first-order chi connectivity index (χ1) is 8.99. The Labute approximate surface area is 115 Å². The normalized spacial score (nSPS) is 10.3. The largest absolute Gasteiger partial charge is 0.321 e. The molecule has 98 valence electrons. The van der Waals surface area contributed by atoms with E-state index in [0.29, 0.717) is 4.47 Å². The lowest BCUT2D eigenvalue weighted by atomic mass is 10.2. The summed E-state index contributed by atoms with van der Waals surface area (Å²) in [5, 5.41) is 2.30. The number of anilines is 1. The molecule has 19 heavy (non-hydrogen) atoms. The minimum Gasteiger partial charge on any atom is -0.321 e. The summed E-state index contributed by atoms with van der Waals surface area (Å²) in [6, 6.07) is 6.92. The molecule has 2 aromatic carbocycles. The summed E-state index contributed by atoms with van der Waals surface area (Å²) in [4.78, 5) is 11.8. The second kappa shape index (κ2) is 5.44. The molecule has 0 saturated carbocycles. The molecule has 0 spiro atoms. The van der Waals surface area contributed by atoms with Crippen molar-refractivity contribution in [3.8, 4) is 0 Å². The van der Waals surface area contributed by atoms with Gasteiger partial charge in [-0.15, -0.1) is 0 Å². The molecule has 2 rings (SSSR count). The summed E-state index contributed by atoms with van der Waals surface area (Å²) in [6.45, 7) is 0. The van der Waals surface area contributed by atoms with Gasteiger partial charge in [-0.1, -0.05) is 6.07 Å². The monoisotopic (exact) mass is 329 g/mol. The van der Waals surface area contributed by atoms with Crippen molar-refractivity contribution >= 4 is 27.5 Å². The van der Waals surface area contributed by atoms with E-state index in [9.17, 15) is 18.0 Å². The molecule has 0 unspecified atom stereocenters.